The minimum absolute atomic E-state index is 0.201. The molecular weight excluding hydrogens is 308 g/mol. The molecule has 0 saturated heterocycles. The van der Waals surface area contributed by atoms with E-state index >= 15 is 0 Å². The first-order valence-electron chi connectivity index (χ1n) is 7.56. The predicted molar refractivity (Wildman–Crippen MR) is 91.2 cm³/mol. The van der Waals surface area contributed by atoms with Gasteiger partial charge in [-0.25, -0.2) is 4.98 Å². The van der Waals surface area contributed by atoms with Crippen LogP contribution in [0.25, 0.3) is 11.5 Å². The largest absolute Gasteiger partial charge is 0.419 e. The van der Waals surface area contributed by atoms with Crippen molar-refractivity contribution in [3.8, 4) is 11.5 Å². The topological polar surface area (TPSA) is 55.1 Å². The molecule has 0 fully saturated rings. The fourth-order valence-electron chi connectivity index (χ4n) is 2.51. The van der Waals surface area contributed by atoms with Crippen molar-refractivity contribution in [3.05, 3.63) is 51.8 Å². The molecule has 1 atom stereocenters. The van der Waals surface area contributed by atoms with Crippen LogP contribution in [0.1, 0.15) is 34.4 Å². The Hall–Kier alpha value is -2.05. The molecule has 1 aromatic carbocycles. The van der Waals surface area contributed by atoms with Crippen molar-refractivity contribution in [1.82, 2.24) is 20.1 Å². The number of thiazole rings is 1. The highest BCUT2D eigenvalue weighted by molar-refractivity contribution is 7.11. The van der Waals surface area contributed by atoms with E-state index in [0.717, 1.165) is 16.3 Å². The summed E-state index contributed by atoms with van der Waals surface area (Å²) in [6.45, 7) is 6.90. The van der Waals surface area contributed by atoms with Gasteiger partial charge < -0.3 is 4.42 Å². The van der Waals surface area contributed by atoms with Crippen LogP contribution in [0.4, 0.5) is 0 Å². The standard InChI is InChI=1S/C17H20N4OS/c1-11(16-12(2)23-13(3)18-16)21(4)10-15-19-20-17(22-15)14-8-6-5-7-9-14/h5-9,11H,10H2,1-4H3/t11-/m1/s1. The normalized spacial score (nSPS) is 12.7. The van der Waals surface area contributed by atoms with Crippen molar-refractivity contribution in [2.75, 3.05) is 7.05 Å². The van der Waals surface area contributed by atoms with Crippen molar-refractivity contribution >= 4 is 11.3 Å². The molecule has 0 N–H and O–H groups in total. The molecule has 0 unspecified atom stereocenters. The molecule has 2 aromatic heterocycles. The summed E-state index contributed by atoms with van der Waals surface area (Å²) < 4.78 is 5.78. The van der Waals surface area contributed by atoms with Gasteiger partial charge in [-0.1, -0.05) is 18.2 Å². The van der Waals surface area contributed by atoms with E-state index in [1.807, 2.05) is 44.3 Å². The maximum Gasteiger partial charge on any atom is 0.247 e. The highest BCUT2D eigenvalue weighted by Gasteiger charge is 2.20. The number of hydrogen-bond acceptors (Lipinski definition) is 6. The molecule has 6 heteroatoms. The van der Waals surface area contributed by atoms with Gasteiger partial charge in [0.1, 0.15) is 0 Å². The Morgan fingerprint density at radius 2 is 1.91 bits per heavy atom. The smallest absolute Gasteiger partial charge is 0.247 e. The molecule has 0 saturated carbocycles. The van der Waals surface area contributed by atoms with E-state index in [2.05, 4.69) is 33.9 Å². The Morgan fingerprint density at radius 1 is 1.17 bits per heavy atom. The highest BCUT2D eigenvalue weighted by atomic mass is 32.1. The highest BCUT2D eigenvalue weighted by Crippen LogP contribution is 2.27. The van der Waals surface area contributed by atoms with Crippen LogP contribution in [-0.2, 0) is 6.54 Å². The number of rotatable bonds is 5. The molecule has 0 aliphatic heterocycles. The van der Waals surface area contributed by atoms with Crippen LogP contribution >= 0.6 is 11.3 Å². The second-order valence-electron chi connectivity index (χ2n) is 5.63. The summed E-state index contributed by atoms with van der Waals surface area (Å²) in [5.74, 6) is 1.17. The van der Waals surface area contributed by atoms with Crippen molar-refractivity contribution in [2.45, 2.75) is 33.4 Å². The zero-order chi connectivity index (χ0) is 16.4. The van der Waals surface area contributed by atoms with Gasteiger partial charge in [-0.15, -0.1) is 21.5 Å². The third-order valence-electron chi connectivity index (χ3n) is 3.87. The van der Waals surface area contributed by atoms with Gasteiger partial charge in [0.2, 0.25) is 11.8 Å². The summed E-state index contributed by atoms with van der Waals surface area (Å²) in [6, 6.07) is 10.0. The molecule has 0 bridgehead atoms. The van der Waals surface area contributed by atoms with E-state index in [1.54, 1.807) is 11.3 Å². The minimum atomic E-state index is 0.201. The maximum absolute atomic E-state index is 5.78. The van der Waals surface area contributed by atoms with Gasteiger partial charge in [0, 0.05) is 10.4 Å². The Labute approximate surface area is 140 Å². The molecule has 0 amide bonds. The molecule has 0 radical (unpaired) electrons. The van der Waals surface area contributed by atoms with Gasteiger partial charge in [-0.3, -0.25) is 4.90 Å². The van der Waals surface area contributed by atoms with Gasteiger partial charge in [-0.2, -0.15) is 0 Å². The zero-order valence-corrected chi connectivity index (χ0v) is 14.6. The fourth-order valence-corrected chi connectivity index (χ4v) is 3.41. The molecular formula is C17H20N4OS. The van der Waals surface area contributed by atoms with Crippen LogP contribution in [0.2, 0.25) is 0 Å². The van der Waals surface area contributed by atoms with Gasteiger partial charge in [-0.05, 0) is 40.0 Å². The summed E-state index contributed by atoms with van der Waals surface area (Å²) in [4.78, 5) is 8.07. The fraction of sp³-hybridized carbons (Fsp3) is 0.353. The molecule has 5 nitrogen and oxygen atoms in total. The van der Waals surface area contributed by atoms with Gasteiger partial charge in [0.15, 0.2) is 0 Å². The van der Waals surface area contributed by atoms with Crippen molar-refractivity contribution in [1.29, 1.82) is 0 Å². The Balaban J connectivity index is 1.72. The van der Waals surface area contributed by atoms with E-state index in [1.165, 1.54) is 4.88 Å². The Morgan fingerprint density at radius 3 is 2.57 bits per heavy atom. The van der Waals surface area contributed by atoms with Gasteiger partial charge >= 0.3 is 0 Å². The lowest BCUT2D eigenvalue weighted by Crippen LogP contribution is -2.23. The van der Waals surface area contributed by atoms with Crippen molar-refractivity contribution in [2.24, 2.45) is 0 Å². The predicted octanol–water partition coefficient (Wildman–Crippen LogP) is 4.00. The SMILES string of the molecule is Cc1nc([C@@H](C)N(C)Cc2nnc(-c3ccccc3)o2)c(C)s1. The minimum Gasteiger partial charge on any atom is -0.419 e. The van der Waals surface area contributed by atoms with Gasteiger partial charge in [0.25, 0.3) is 0 Å². The first-order chi connectivity index (χ1) is 11.0. The molecule has 3 aromatic rings. The van der Waals surface area contributed by atoms with E-state index < -0.39 is 0 Å². The molecule has 2 heterocycles. The monoisotopic (exact) mass is 328 g/mol. The number of aromatic nitrogens is 3. The molecule has 0 aliphatic carbocycles. The van der Waals surface area contributed by atoms with Gasteiger partial charge in [0.05, 0.1) is 23.3 Å². The Bertz CT molecular complexity index is 781. The van der Waals surface area contributed by atoms with E-state index in [4.69, 9.17) is 4.42 Å². The van der Waals surface area contributed by atoms with Crippen molar-refractivity contribution in [3.63, 3.8) is 0 Å². The van der Waals surface area contributed by atoms with Crippen LogP contribution in [0.5, 0.6) is 0 Å². The number of hydrogen-bond donors (Lipinski definition) is 0. The van der Waals surface area contributed by atoms with Crippen molar-refractivity contribution < 1.29 is 4.42 Å². The summed E-state index contributed by atoms with van der Waals surface area (Å²) in [7, 11) is 2.05. The lowest BCUT2D eigenvalue weighted by atomic mass is 10.2. The third kappa shape index (κ3) is 3.48. The molecule has 0 aliphatic rings. The third-order valence-corrected chi connectivity index (χ3v) is 4.77. The number of nitrogens with zero attached hydrogens (tertiary/aromatic N) is 4. The number of aryl methyl sites for hydroxylation is 2. The molecule has 120 valence electrons. The van der Waals surface area contributed by atoms with Crippen LogP contribution in [0.3, 0.4) is 0 Å². The van der Waals surface area contributed by atoms with E-state index in [9.17, 15) is 0 Å². The molecule has 23 heavy (non-hydrogen) atoms. The first kappa shape index (κ1) is 15.8. The first-order valence-corrected chi connectivity index (χ1v) is 8.38. The second-order valence-corrected chi connectivity index (χ2v) is 7.04. The lowest BCUT2D eigenvalue weighted by molar-refractivity contribution is 0.225. The lowest BCUT2D eigenvalue weighted by Gasteiger charge is -2.22. The van der Waals surface area contributed by atoms with E-state index in [0.29, 0.717) is 18.3 Å². The average molecular weight is 328 g/mol. The summed E-state index contributed by atoms with van der Waals surface area (Å²) in [5, 5.41) is 9.40. The zero-order valence-electron chi connectivity index (χ0n) is 13.8. The summed E-state index contributed by atoms with van der Waals surface area (Å²) in [6.07, 6.45) is 0. The molecule has 3 rings (SSSR count). The van der Waals surface area contributed by atoms with Crippen LogP contribution in [0.15, 0.2) is 34.7 Å². The average Bonchev–Trinajstić information content (AvgIpc) is 3.13. The number of benzene rings is 1. The van der Waals surface area contributed by atoms with Crippen LogP contribution < -0.4 is 0 Å². The second kappa shape index (κ2) is 6.60. The Kier molecular flexibility index (Phi) is 4.54. The summed E-state index contributed by atoms with van der Waals surface area (Å²) >= 11 is 1.73. The molecule has 0 spiro atoms. The quantitative estimate of drug-likeness (QED) is 0.708. The van der Waals surface area contributed by atoms with Crippen LogP contribution in [-0.4, -0.2) is 27.1 Å². The van der Waals surface area contributed by atoms with E-state index in [-0.39, 0.29) is 6.04 Å². The maximum atomic E-state index is 5.78. The summed E-state index contributed by atoms with van der Waals surface area (Å²) in [5.41, 5.74) is 2.06. The van der Waals surface area contributed by atoms with Crippen LogP contribution in [0, 0.1) is 13.8 Å².